The molecule has 0 aliphatic carbocycles. The van der Waals surface area contributed by atoms with Crippen LogP contribution < -0.4 is 4.74 Å². The number of halogens is 1. The number of benzene rings is 1. The van der Waals surface area contributed by atoms with Gasteiger partial charge in [0.05, 0.1) is 0 Å². The van der Waals surface area contributed by atoms with Crippen LogP contribution in [0.4, 0.5) is 0 Å². The summed E-state index contributed by atoms with van der Waals surface area (Å²) in [4.78, 5) is 14.3. The van der Waals surface area contributed by atoms with Gasteiger partial charge < -0.3 is 9.64 Å². The first-order valence-corrected chi connectivity index (χ1v) is 11.8. The lowest BCUT2D eigenvalue weighted by Gasteiger charge is -2.36. The molecule has 29 heavy (non-hydrogen) atoms. The molecular weight excluding hydrogens is 414 g/mol. The van der Waals surface area contributed by atoms with E-state index in [9.17, 15) is 13.2 Å². The van der Waals surface area contributed by atoms with Crippen LogP contribution in [-0.4, -0.2) is 73.7 Å². The highest BCUT2D eigenvalue weighted by Gasteiger charge is 2.32. The molecule has 1 aliphatic rings. The van der Waals surface area contributed by atoms with Crippen LogP contribution in [0.1, 0.15) is 44.7 Å². The van der Waals surface area contributed by atoms with Gasteiger partial charge in [0.15, 0.2) is 6.61 Å². The summed E-state index contributed by atoms with van der Waals surface area (Å²) in [7, 11) is -3.47. The fourth-order valence-corrected chi connectivity index (χ4v) is 5.13. The Kier molecular flexibility index (Phi) is 8.34. The summed E-state index contributed by atoms with van der Waals surface area (Å²) in [6.45, 7) is 11.7. The zero-order valence-corrected chi connectivity index (χ0v) is 19.5. The molecule has 2 rings (SSSR count). The number of nitrogens with zero attached hydrogens (tertiary/aromatic N) is 3. The second kappa shape index (κ2) is 10.1. The molecular formula is C20H32ClN3O4S. The van der Waals surface area contributed by atoms with Crippen LogP contribution in [0.5, 0.6) is 5.75 Å². The molecule has 0 aromatic heterocycles. The van der Waals surface area contributed by atoms with Crippen LogP contribution in [0.25, 0.3) is 0 Å². The minimum atomic E-state index is -3.47. The smallest absolute Gasteiger partial charge is 0.282 e. The van der Waals surface area contributed by atoms with Crippen molar-refractivity contribution in [2.75, 3.05) is 45.9 Å². The van der Waals surface area contributed by atoms with Crippen molar-refractivity contribution >= 4 is 27.7 Å². The molecule has 0 unspecified atom stereocenters. The number of hydrogen-bond donors (Lipinski definition) is 0. The molecule has 1 aliphatic heterocycles. The Morgan fingerprint density at radius 2 is 1.76 bits per heavy atom. The monoisotopic (exact) mass is 445 g/mol. The van der Waals surface area contributed by atoms with Gasteiger partial charge in [-0.3, -0.25) is 4.79 Å². The van der Waals surface area contributed by atoms with Gasteiger partial charge in [-0.15, -0.1) is 0 Å². The molecule has 1 aromatic carbocycles. The third-order valence-electron chi connectivity index (χ3n) is 5.21. The number of amides is 1. The van der Waals surface area contributed by atoms with Crippen molar-refractivity contribution in [3.05, 3.63) is 28.3 Å². The SMILES string of the molecule is CCN(CC)S(=O)(=O)N1CCN(C(=O)COc2cc(C)c(Cl)cc2C(C)C)CC1. The largest absolute Gasteiger partial charge is 0.483 e. The molecule has 0 saturated carbocycles. The maximum Gasteiger partial charge on any atom is 0.282 e. The third kappa shape index (κ3) is 5.63. The van der Waals surface area contributed by atoms with Gasteiger partial charge in [-0.25, -0.2) is 0 Å². The maximum atomic E-state index is 12.6. The minimum Gasteiger partial charge on any atom is -0.483 e. The molecule has 1 amide bonds. The van der Waals surface area contributed by atoms with E-state index in [-0.39, 0.29) is 18.4 Å². The van der Waals surface area contributed by atoms with Crippen molar-refractivity contribution < 1.29 is 17.9 Å². The molecule has 0 bridgehead atoms. The number of carbonyl (C=O) groups is 1. The average molecular weight is 446 g/mol. The van der Waals surface area contributed by atoms with Crippen molar-refractivity contribution in [3.8, 4) is 5.75 Å². The van der Waals surface area contributed by atoms with Gasteiger partial charge in [-0.05, 0) is 36.1 Å². The quantitative estimate of drug-likeness (QED) is 0.616. The molecule has 1 saturated heterocycles. The number of ether oxygens (including phenoxy) is 1. The molecule has 0 spiro atoms. The van der Waals surface area contributed by atoms with Crippen LogP contribution in [0.15, 0.2) is 12.1 Å². The summed E-state index contributed by atoms with van der Waals surface area (Å²) in [5, 5.41) is 0.679. The molecule has 0 radical (unpaired) electrons. The highest BCUT2D eigenvalue weighted by atomic mass is 35.5. The van der Waals surface area contributed by atoms with Crippen molar-refractivity contribution in [2.45, 2.75) is 40.5 Å². The lowest BCUT2D eigenvalue weighted by molar-refractivity contribution is -0.134. The Morgan fingerprint density at radius 3 is 2.28 bits per heavy atom. The molecule has 1 heterocycles. The van der Waals surface area contributed by atoms with Crippen LogP contribution in [0, 0.1) is 6.92 Å². The molecule has 7 nitrogen and oxygen atoms in total. The van der Waals surface area contributed by atoms with Gasteiger partial charge in [0.2, 0.25) is 0 Å². The second-order valence-corrected chi connectivity index (χ2v) is 9.79. The fraction of sp³-hybridized carbons (Fsp3) is 0.650. The van der Waals surface area contributed by atoms with E-state index in [4.69, 9.17) is 16.3 Å². The van der Waals surface area contributed by atoms with Gasteiger partial charge in [0, 0.05) is 44.3 Å². The summed E-state index contributed by atoms with van der Waals surface area (Å²) in [5.41, 5.74) is 1.86. The topological polar surface area (TPSA) is 70.2 Å². The maximum absolute atomic E-state index is 12.6. The van der Waals surface area contributed by atoms with E-state index in [1.807, 2.05) is 46.8 Å². The van der Waals surface area contributed by atoms with E-state index in [0.29, 0.717) is 50.0 Å². The van der Waals surface area contributed by atoms with Crippen LogP contribution in [0.2, 0.25) is 5.02 Å². The lowest BCUT2D eigenvalue weighted by Crippen LogP contribution is -2.54. The number of aryl methyl sites for hydroxylation is 1. The van der Waals surface area contributed by atoms with Gasteiger partial charge in [-0.2, -0.15) is 17.0 Å². The van der Waals surface area contributed by atoms with E-state index < -0.39 is 10.2 Å². The van der Waals surface area contributed by atoms with Crippen molar-refractivity contribution in [3.63, 3.8) is 0 Å². The summed E-state index contributed by atoms with van der Waals surface area (Å²) in [6.07, 6.45) is 0. The molecule has 1 fully saturated rings. The van der Waals surface area contributed by atoms with E-state index in [1.165, 1.54) is 8.61 Å². The van der Waals surface area contributed by atoms with Gasteiger partial charge in [0.25, 0.3) is 16.1 Å². The van der Waals surface area contributed by atoms with E-state index in [0.717, 1.165) is 11.1 Å². The van der Waals surface area contributed by atoms with Gasteiger partial charge in [-0.1, -0.05) is 39.3 Å². The average Bonchev–Trinajstić information content (AvgIpc) is 2.69. The third-order valence-corrected chi connectivity index (χ3v) is 7.81. The zero-order chi connectivity index (χ0) is 21.8. The summed E-state index contributed by atoms with van der Waals surface area (Å²) in [6, 6.07) is 3.75. The Balaban J connectivity index is 1.97. The molecule has 164 valence electrons. The summed E-state index contributed by atoms with van der Waals surface area (Å²) in [5.74, 6) is 0.734. The Morgan fingerprint density at radius 1 is 1.17 bits per heavy atom. The molecule has 9 heteroatoms. The van der Waals surface area contributed by atoms with E-state index >= 15 is 0 Å². The van der Waals surface area contributed by atoms with Gasteiger partial charge in [0.1, 0.15) is 5.75 Å². The number of rotatable bonds is 8. The first-order chi connectivity index (χ1) is 13.6. The van der Waals surface area contributed by atoms with Crippen molar-refractivity contribution in [2.24, 2.45) is 0 Å². The van der Waals surface area contributed by atoms with Crippen LogP contribution in [0.3, 0.4) is 0 Å². The van der Waals surface area contributed by atoms with Gasteiger partial charge >= 0.3 is 0 Å². The molecule has 1 aromatic rings. The predicted octanol–water partition coefficient (Wildman–Crippen LogP) is 2.88. The fourth-order valence-electron chi connectivity index (χ4n) is 3.36. The Labute approximate surface area is 179 Å². The summed E-state index contributed by atoms with van der Waals surface area (Å²) >= 11 is 6.22. The zero-order valence-electron chi connectivity index (χ0n) is 17.9. The first-order valence-electron chi connectivity index (χ1n) is 10.1. The highest BCUT2D eigenvalue weighted by Crippen LogP contribution is 2.32. The number of piperazine rings is 1. The van der Waals surface area contributed by atoms with E-state index in [1.54, 1.807) is 4.90 Å². The molecule has 0 atom stereocenters. The first kappa shape index (κ1) is 23.9. The van der Waals surface area contributed by atoms with Crippen LogP contribution >= 0.6 is 11.6 Å². The number of hydrogen-bond acceptors (Lipinski definition) is 4. The second-order valence-electron chi connectivity index (χ2n) is 7.45. The van der Waals surface area contributed by atoms with Crippen molar-refractivity contribution in [1.82, 2.24) is 13.5 Å². The Bertz CT molecular complexity index is 817. The Hall–Kier alpha value is -1.35. The predicted molar refractivity (Wildman–Crippen MR) is 116 cm³/mol. The van der Waals surface area contributed by atoms with Crippen molar-refractivity contribution in [1.29, 1.82) is 0 Å². The standard InChI is InChI=1S/C20H32ClN3O4S/c1-6-23(7-2)29(26,27)24-10-8-22(9-11-24)20(25)14-28-19-12-16(5)18(21)13-17(19)15(3)4/h12-13,15H,6-11,14H2,1-5H3. The van der Waals surface area contributed by atoms with E-state index in [2.05, 4.69) is 0 Å². The molecule has 0 N–H and O–H groups in total. The highest BCUT2D eigenvalue weighted by molar-refractivity contribution is 7.86. The summed E-state index contributed by atoms with van der Waals surface area (Å²) < 4.78 is 33.9. The minimum absolute atomic E-state index is 0.0798. The number of carbonyl (C=O) groups excluding carboxylic acids is 1. The normalized spacial score (nSPS) is 15.9. The lowest BCUT2D eigenvalue weighted by atomic mass is 10.0. The van der Waals surface area contributed by atoms with Crippen LogP contribution in [-0.2, 0) is 15.0 Å².